The molecule has 2 aromatic rings. The standard InChI is InChI=1S/C19H24ClNO4/c1-11(2)21-9-12(22)10-24-18-8-17-15(7-16(18)20)13-5-3-4-6-14(13)19(23)25-17/h7-8,11-12,21-22H,3-6,9-10H2,1-2H3. The molecule has 2 N–H and O–H groups in total. The number of fused-ring (bicyclic) bond motifs is 3. The van der Waals surface area contributed by atoms with Crippen molar-refractivity contribution in [1.82, 2.24) is 5.32 Å². The van der Waals surface area contributed by atoms with E-state index in [2.05, 4.69) is 5.32 Å². The second-order valence-corrected chi connectivity index (χ2v) is 7.27. The van der Waals surface area contributed by atoms with Crippen LogP contribution in [0.4, 0.5) is 0 Å². The van der Waals surface area contributed by atoms with Crippen LogP contribution in [-0.4, -0.2) is 30.4 Å². The van der Waals surface area contributed by atoms with Crippen LogP contribution in [0.5, 0.6) is 5.75 Å². The molecule has 0 aliphatic heterocycles. The van der Waals surface area contributed by atoms with Crippen LogP contribution < -0.4 is 15.7 Å². The van der Waals surface area contributed by atoms with Crippen molar-refractivity contribution in [3.8, 4) is 5.75 Å². The summed E-state index contributed by atoms with van der Waals surface area (Å²) in [6.07, 6.45) is 3.06. The third kappa shape index (κ3) is 4.17. The molecule has 0 bridgehead atoms. The molecule has 1 unspecified atom stereocenters. The normalized spacial score (nSPS) is 15.4. The molecular formula is C19H24ClNO4. The highest BCUT2D eigenvalue weighted by molar-refractivity contribution is 6.32. The van der Waals surface area contributed by atoms with Crippen LogP contribution >= 0.6 is 11.6 Å². The summed E-state index contributed by atoms with van der Waals surface area (Å²) < 4.78 is 11.1. The average Bonchev–Trinajstić information content (AvgIpc) is 2.59. The Morgan fingerprint density at radius 1 is 1.28 bits per heavy atom. The van der Waals surface area contributed by atoms with E-state index in [1.807, 2.05) is 13.8 Å². The first-order chi connectivity index (χ1) is 12.0. The predicted molar refractivity (Wildman–Crippen MR) is 98.8 cm³/mol. The summed E-state index contributed by atoms with van der Waals surface area (Å²) in [6, 6.07) is 3.74. The lowest BCUT2D eigenvalue weighted by atomic mass is 9.91. The third-order valence-corrected chi connectivity index (χ3v) is 4.76. The molecule has 0 fully saturated rings. The van der Waals surface area contributed by atoms with Gasteiger partial charge in [-0.2, -0.15) is 0 Å². The number of rotatable bonds is 6. The molecule has 1 aliphatic carbocycles. The van der Waals surface area contributed by atoms with Crippen LogP contribution in [0.3, 0.4) is 0 Å². The Kier molecular flexibility index (Phi) is 5.67. The number of aliphatic hydroxyl groups is 1. The number of nitrogens with one attached hydrogen (secondary N) is 1. The van der Waals surface area contributed by atoms with Gasteiger partial charge in [0.1, 0.15) is 24.0 Å². The van der Waals surface area contributed by atoms with E-state index in [-0.39, 0.29) is 12.2 Å². The first-order valence-electron chi connectivity index (χ1n) is 8.78. The van der Waals surface area contributed by atoms with Crippen LogP contribution in [0.25, 0.3) is 11.0 Å². The third-order valence-electron chi connectivity index (χ3n) is 4.47. The number of hydrogen-bond donors (Lipinski definition) is 2. The van der Waals surface area contributed by atoms with E-state index in [9.17, 15) is 9.90 Å². The Balaban J connectivity index is 1.83. The van der Waals surface area contributed by atoms with E-state index in [1.54, 1.807) is 12.1 Å². The summed E-state index contributed by atoms with van der Waals surface area (Å²) in [5.41, 5.74) is 2.04. The number of hydrogen-bond acceptors (Lipinski definition) is 5. The number of benzene rings is 1. The minimum absolute atomic E-state index is 0.111. The van der Waals surface area contributed by atoms with Crippen LogP contribution in [0.1, 0.15) is 37.8 Å². The van der Waals surface area contributed by atoms with Gasteiger partial charge in [-0.3, -0.25) is 0 Å². The summed E-state index contributed by atoms with van der Waals surface area (Å²) in [6.45, 7) is 4.57. The maximum Gasteiger partial charge on any atom is 0.339 e. The smallest absolute Gasteiger partial charge is 0.339 e. The Morgan fingerprint density at radius 2 is 2.00 bits per heavy atom. The van der Waals surface area contributed by atoms with Crippen molar-refractivity contribution in [2.45, 2.75) is 51.7 Å². The van der Waals surface area contributed by atoms with Gasteiger partial charge in [0, 0.05) is 29.6 Å². The van der Waals surface area contributed by atoms with Gasteiger partial charge in [0.25, 0.3) is 0 Å². The lowest BCUT2D eigenvalue weighted by molar-refractivity contribution is 0.105. The minimum atomic E-state index is -0.648. The van der Waals surface area contributed by atoms with Gasteiger partial charge >= 0.3 is 5.63 Å². The Labute approximate surface area is 151 Å². The highest BCUT2D eigenvalue weighted by atomic mass is 35.5. The number of ether oxygens (including phenoxy) is 1. The summed E-state index contributed by atoms with van der Waals surface area (Å²) >= 11 is 6.35. The Hall–Kier alpha value is -1.56. The fourth-order valence-electron chi connectivity index (χ4n) is 3.17. The average molecular weight is 366 g/mol. The largest absolute Gasteiger partial charge is 0.489 e. The van der Waals surface area contributed by atoms with Gasteiger partial charge in [0.05, 0.1) is 5.02 Å². The van der Waals surface area contributed by atoms with E-state index in [1.165, 1.54) is 0 Å². The van der Waals surface area contributed by atoms with Gasteiger partial charge in [0.2, 0.25) is 0 Å². The van der Waals surface area contributed by atoms with Gasteiger partial charge in [-0.05, 0) is 37.3 Å². The SMILES string of the molecule is CC(C)NCC(O)COc1cc2oc(=O)c3c(c2cc1Cl)CCCC3. The quantitative estimate of drug-likeness (QED) is 0.770. The predicted octanol–water partition coefficient (Wildman–Crippen LogP) is 3.06. The van der Waals surface area contributed by atoms with Crippen molar-refractivity contribution in [3.63, 3.8) is 0 Å². The molecule has 25 heavy (non-hydrogen) atoms. The molecule has 0 radical (unpaired) electrons. The molecule has 136 valence electrons. The maximum absolute atomic E-state index is 12.2. The molecule has 0 saturated heterocycles. The van der Waals surface area contributed by atoms with E-state index in [0.717, 1.165) is 42.2 Å². The number of aliphatic hydroxyl groups excluding tert-OH is 1. The van der Waals surface area contributed by atoms with Crippen molar-refractivity contribution >= 4 is 22.6 Å². The van der Waals surface area contributed by atoms with E-state index < -0.39 is 6.10 Å². The molecule has 6 heteroatoms. The van der Waals surface area contributed by atoms with Crippen molar-refractivity contribution in [3.05, 3.63) is 38.7 Å². The summed E-state index contributed by atoms with van der Waals surface area (Å²) in [4.78, 5) is 12.2. The zero-order valence-corrected chi connectivity index (χ0v) is 15.4. The Morgan fingerprint density at radius 3 is 2.72 bits per heavy atom. The Bertz CT molecular complexity index is 815. The number of halogens is 1. The zero-order chi connectivity index (χ0) is 18.0. The molecule has 1 aromatic carbocycles. The molecule has 1 atom stereocenters. The van der Waals surface area contributed by atoms with Gasteiger partial charge in [-0.25, -0.2) is 4.79 Å². The van der Waals surface area contributed by atoms with Gasteiger partial charge in [-0.15, -0.1) is 0 Å². The van der Waals surface area contributed by atoms with Crippen molar-refractivity contribution in [2.24, 2.45) is 0 Å². The molecule has 1 heterocycles. The molecule has 1 aromatic heterocycles. The lowest BCUT2D eigenvalue weighted by Crippen LogP contribution is -2.35. The summed E-state index contributed by atoms with van der Waals surface area (Å²) in [5.74, 6) is 0.414. The van der Waals surface area contributed by atoms with Crippen LogP contribution in [0.2, 0.25) is 5.02 Å². The molecule has 0 spiro atoms. The summed E-state index contributed by atoms with van der Waals surface area (Å²) in [7, 11) is 0. The molecular weight excluding hydrogens is 342 g/mol. The van der Waals surface area contributed by atoms with Crippen molar-refractivity contribution in [1.29, 1.82) is 0 Å². The van der Waals surface area contributed by atoms with Gasteiger partial charge in [-0.1, -0.05) is 25.4 Å². The highest BCUT2D eigenvalue weighted by Crippen LogP contribution is 2.34. The van der Waals surface area contributed by atoms with E-state index in [4.69, 9.17) is 20.8 Å². The van der Waals surface area contributed by atoms with Gasteiger partial charge < -0.3 is 19.6 Å². The van der Waals surface area contributed by atoms with E-state index >= 15 is 0 Å². The van der Waals surface area contributed by atoms with Crippen LogP contribution in [-0.2, 0) is 12.8 Å². The lowest BCUT2D eigenvalue weighted by Gasteiger charge is -2.18. The highest BCUT2D eigenvalue weighted by Gasteiger charge is 2.19. The molecule has 1 aliphatic rings. The second kappa shape index (κ2) is 7.77. The number of aryl methyl sites for hydroxylation is 1. The van der Waals surface area contributed by atoms with Gasteiger partial charge in [0.15, 0.2) is 0 Å². The van der Waals surface area contributed by atoms with Crippen LogP contribution in [0, 0.1) is 0 Å². The topological polar surface area (TPSA) is 71.7 Å². The van der Waals surface area contributed by atoms with E-state index in [0.29, 0.717) is 28.9 Å². The van der Waals surface area contributed by atoms with Crippen molar-refractivity contribution in [2.75, 3.05) is 13.2 Å². The summed E-state index contributed by atoms with van der Waals surface area (Å²) in [5, 5.41) is 14.4. The molecule has 0 amide bonds. The molecule has 3 rings (SSSR count). The molecule has 5 nitrogen and oxygen atoms in total. The first-order valence-corrected chi connectivity index (χ1v) is 9.16. The zero-order valence-electron chi connectivity index (χ0n) is 14.6. The molecule has 0 saturated carbocycles. The first kappa shape index (κ1) is 18.2. The fraction of sp³-hybridized carbons (Fsp3) is 0.526. The van der Waals surface area contributed by atoms with Crippen LogP contribution in [0.15, 0.2) is 21.3 Å². The maximum atomic E-state index is 12.2. The second-order valence-electron chi connectivity index (χ2n) is 6.86. The fourth-order valence-corrected chi connectivity index (χ4v) is 3.39. The van der Waals surface area contributed by atoms with Crippen molar-refractivity contribution < 1.29 is 14.3 Å². The monoisotopic (exact) mass is 365 g/mol. The minimum Gasteiger partial charge on any atom is -0.489 e.